The van der Waals surface area contributed by atoms with Crippen molar-refractivity contribution in [2.75, 3.05) is 11.9 Å². The second-order valence-electron chi connectivity index (χ2n) is 4.68. The van der Waals surface area contributed by atoms with E-state index in [9.17, 15) is 4.79 Å². The Balaban J connectivity index is 2.07. The number of nitrogens with zero attached hydrogens (tertiary/aromatic N) is 1. The van der Waals surface area contributed by atoms with Crippen LogP contribution in [0.4, 0.5) is 5.82 Å². The highest BCUT2D eigenvalue weighted by Crippen LogP contribution is 2.26. The first-order valence-corrected chi connectivity index (χ1v) is 7.14. The largest absolute Gasteiger partial charge is 0.309 e. The fraction of sp³-hybridized carbons (Fsp3) is 0.538. The molecule has 5 heteroatoms. The molecule has 98 valence electrons. The summed E-state index contributed by atoms with van der Waals surface area (Å²) < 4.78 is 0.905. The molecule has 0 aromatic carbocycles. The summed E-state index contributed by atoms with van der Waals surface area (Å²) in [5.41, 5.74) is -0.399. The van der Waals surface area contributed by atoms with Crippen molar-refractivity contribution in [3.63, 3.8) is 0 Å². The van der Waals surface area contributed by atoms with Crippen molar-refractivity contribution in [2.45, 2.75) is 38.1 Å². The normalized spacial score (nSPS) is 23.0. The molecule has 2 rings (SSSR count). The molecule has 4 nitrogen and oxygen atoms in total. The van der Waals surface area contributed by atoms with E-state index in [4.69, 9.17) is 0 Å². The number of anilines is 1. The van der Waals surface area contributed by atoms with Crippen molar-refractivity contribution in [3.8, 4) is 0 Å². The molecule has 1 atom stereocenters. The molecule has 2 N–H and O–H groups in total. The number of hydrogen-bond acceptors (Lipinski definition) is 3. The van der Waals surface area contributed by atoms with E-state index in [1.54, 1.807) is 12.3 Å². The summed E-state index contributed by atoms with van der Waals surface area (Å²) in [4.78, 5) is 16.6. The van der Waals surface area contributed by atoms with Crippen LogP contribution in [-0.2, 0) is 4.79 Å². The molecule has 1 fully saturated rings. The predicted octanol–water partition coefficient (Wildman–Crippen LogP) is 2.70. The van der Waals surface area contributed by atoms with Crippen LogP contribution in [-0.4, -0.2) is 23.0 Å². The lowest BCUT2D eigenvalue weighted by atomic mass is 9.91. The Morgan fingerprint density at radius 1 is 1.61 bits per heavy atom. The number of pyridine rings is 1. The summed E-state index contributed by atoms with van der Waals surface area (Å²) in [5.74, 6) is 0.643. The summed E-state index contributed by atoms with van der Waals surface area (Å²) in [6, 6.07) is 3.67. The molecular formula is C13H18BrN3O. The molecule has 18 heavy (non-hydrogen) atoms. The number of nitrogens with one attached hydrogen (secondary N) is 2. The molecule has 2 heterocycles. The monoisotopic (exact) mass is 311 g/mol. The van der Waals surface area contributed by atoms with Crippen molar-refractivity contribution < 1.29 is 4.79 Å². The fourth-order valence-corrected chi connectivity index (χ4v) is 2.67. The molecule has 1 aromatic heterocycles. The zero-order valence-corrected chi connectivity index (χ0v) is 12.1. The van der Waals surface area contributed by atoms with E-state index in [1.807, 2.05) is 6.07 Å². The SMILES string of the molecule is CCCC1(C(=O)Nc2ccc(Br)cn2)CCCN1. The minimum atomic E-state index is -0.399. The van der Waals surface area contributed by atoms with Crippen LogP contribution in [0, 0.1) is 0 Å². The minimum Gasteiger partial charge on any atom is -0.309 e. The van der Waals surface area contributed by atoms with Gasteiger partial charge in [-0.1, -0.05) is 13.3 Å². The summed E-state index contributed by atoms with van der Waals surface area (Å²) in [6.07, 6.45) is 5.51. The summed E-state index contributed by atoms with van der Waals surface area (Å²) >= 11 is 3.33. The Morgan fingerprint density at radius 2 is 2.44 bits per heavy atom. The van der Waals surface area contributed by atoms with E-state index in [2.05, 4.69) is 38.5 Å². The molecule has 1 aliphatic rings. The first-order valence-electron chi connectivity index (χ1n) is 6.34. The maximum Gasteiger partial charge on any atom is 0.245 e. The van der Waals surface area contributed by atoms with E-state index in [0.717, 1.165) is 36.7 Å². The lowest BCUT2D eigenvalue weighted by molar-refractivity contribution is -0.122. The number of carbonyl (C=O) groups is 1. The maximum atomic E-state index is 12.4. The highest BCUT2D eigenvalue weighted by atomic mass is 79.9. The number of halogens is 1. The molecule has 0 radical (unpaired) electrons. The topological polar surface area (TPSA) is 54.0 Å². The lowest BCUT2D eigenvalue weighted by Crippen LogP contribution is -2.50. The van der Waals surface area contributed by atoms with E-state index >= 15 is 0 Å². The smallest absolute Gasteiger partial charge is 0.245 e. The standard InChI is InChI=1S/C13H18BrN3O/c1-2-6-13(7-3-8-16-13)12(18)17-11-5-4-10(14)9-15-11/h4-5,9,16H,2-3,6-8H2,1H3,(H,15,17,18). The summed E-state index contributed by atoms with van der Waals surface area (Å²) in [6.45, 7) is 3.02. The molecule has 1 aliphatic heterocycles. The Labute approximate surface area is 116 Å². The summed E-state index contributed by atoms with van der Waals surface area (Å²) in [7, 11) is 0. The van der Waals surface area contributed by atoms with E-state index < -0.39 is 5.54 Å². The van der Waals surface area contributed by atoms with E-state index in [-0.39, 0.29) is 5.91 Å². The quantitative estimate of drug-likeness (QED) is 0.899. The van der Waals surface area contributed by atoms with Crippen LogP contribution in [0.1, 0.15) is 32.6 Å². The van der Waals surface area contributed by atoms with Gasteiger partial charge in [-0.25, -0.2) is 4.98 Å². The number of carbonyl (C=O) groups excluding carboxylic acids is 1. The molecule has 1 amide bonds. The van der Waals surface area contributed by atoms with Gasteiger partial charge in [0.25, 0.3) is 0 Å². The Bertz CT molecular complexity index is 413. The highest BCUT2D eigenvalue weighted by molar-refractivity contribution is 9.10. The van der Waals surface area contributed by atoms with Gasteiger partial charge in [-0.2, -0.15) is 0 Å². The van der Waals surface area contributed by atoms with Crippen molar-refractivity contribution >= 4 is 27.7 Å². The number of hydrogen-bond donors (Lipinski definition) is 2. The molecule has 0 aliphatic carbocycles. The van der Waals surface area contributed by atoms with Crippen LogP contribution >= 0.6 is 15.9 Å². The third-order valence-corrected chi connectivity index (χ3v) is 3.79. The van der Waals surface area contributed by atoms with Gasteiger partial charge in [0, 0.05) is 10.7 Å². The van der Waals surface area contributed by atoms with Crippen LogP contribution in [0.2, 0.25) is 0 Å². The van der Waals surface area contributed by atoms with Gasteiger partial charge in [-0.05, 0) is 53.9 Å². The van der Waals surface area contributed by atoms with E-state index in [1.165, 1.54) is 0 Å². The average molecular weight is 312 g/mol. The van der Waals surface area contributed by atoms with Gasteiger partial charge >= 0.3 is 0 Å². The molecular weight excluding hydrogens is 294 g/mol. The zero-order valence-electron chi connectivity index (χ0n) is 10.5. The van der Waals surface area contributed by atoms with Crippen molar-refractivity contribution in [1.29, 1.82) is 0 Å². The van der Waals surface area contributed by atoms with Gasteiger partial charge in [-0.15, -0.1) is 0 Å². The van der Waals surface area contributed by atoms with Crippen LogP contribution in [0.3, 0.4) is 0 Å². The van der Waals surface area contributed by atoms with Crippen LogP contribution in [0.25, 0.3) is 0 Å². The molecule has 0 bridgehead atoms. The Kier molecular flexibility index (Phi) is 4.35. The second-order valence-corrected chi connectivity index (χ2v) is 5.59. The van der Waals surface area contributed by atoms with E-state index in [0.29, 0.717) is 5.82 Å². The van der Waals surface area contributed by atoms with Crippen molar-refractivity contribution in [2.24, 2.45) is 0 Å². The number of amides is 1. The van der Waals surface area contributed by atoms with Gasteiger partial charge < -0.3 is 10.6 Å². The second kappa shape index (κ2) is 5.80. The molecule has 0 saturated carbocycles. The zero-order chi connectivity index (χ0) is 13.0. The van der Waals surface area contributed by atoms with Gasteiger partial charge in [0.15, 0.2) is 0 Å². The average Bonchev–Trinajstić information content (AvgIpc) is 2.82. The van der Waals surface area contributed by atoms with Gasteiger partial charge in [-0.3, -0.25) is 4.79 Å². The first kappa shape index (κ1) is 13.5. The van der Waals surface area contributed by atoms with Crippen molar-refractivity contribution in [3.05, 3.63) is 22.8 Å². The molecule has 1 unspecified atom stereocenters. The maximum absolute atomic E-state index is 12.4. The third-order valence-electron chi connectivity index (χ3n) is 3.32. The van der Waals surface area contributed by atoms with Crippen LogP contribution < -0.4 is 10.6 Å². The molecule has 0 spiro atoms. The highest BCUT2D eigenvalue weighted by Gasteiger charge is 2.39. The predicted molar refractivity (Wildman–Crippen MR) is 75.4 cm³/mol. The third kappa shape index (κ3) is 2.90. The number of rotatable bonds is 4. The van der Waals surface area contributed by atoms with Gasteiger partial charge in [0.05, 0.1) is 5.54 Å². The minimum absolute atomic E-state index is 0.0386. The van der Waals surface area contributed by atoms with Crippen LogP contribution in [0.5, 0.6) is 0 Å². The first-order chi connectivity index (χ1) is 8.66. The Hall–Kier alpha value is -0.940. The number of aromatic nitrogens is 1. The summed E-state index contributed by atoms with van der Waals surface area (Å²) in [5, 5.41) is 6.26. The Morgan fingerprint density at radius 3 is 3.00 bits per heavy atom. The van der Waals surface area contributed by atoms with Crippen LogP contribution in [0.15, 0.2) is 22.8 Å². The van der Waals surface area contributed by atoms with Gasteiger partial charge in [0.1, 0.15) is 5.82 Å². The molecule has 1 aromatic rings. The fourth-order valence-electron chi connectivity index (χ4n) is 2.44. The molecule has 1 saturated heterocycles. The lowest BCUT2D eigenvalue weighted by Gasteiger charge is -2.27. The van der Waals surface area contributed by atoms with Crippen molar-refractivity contribution in [1.82, 2.24) is 10.3 Å². The van der Waals surface area contributed by atoms with Gasteiger partial charge in [0.2, 0.25) is 5.91 Å².